The summed E-state index contributed by atoms with van der Waals surface area (Å²) in [6, 6.07) is 7.67. The fraction of sp³-hybridized carbons (Fsp3) is 0.333. The van der Waals surface area contributed by atoms with Crippen molar-refractivity contribution in [3.63, 3.8) is 0 Å². The summed E-state index contributed by atoms with van der Waals surface area (Å²) in [4.78, 5) is 25.0. The zero-order chi connectivity index (χ0) is 17.4. The molecule has 126 valence electrons. The molecule has 1 amide bonds. The fourth-order valence-electron chi connectivity index (χ4n) is 2.97. The smallest absolute Gasteiger partial charge is 0.339 e. The van der Waals surface area contributed by atoms with Crippen LogP contribution in [-0.4, -0.2) is 28.9 Å². The minimum Gasteiger partial charge on any atom is -0.478 e. The minimum atomic E-state index is -1.05. The van der Waals surface area contributed by atoms with Crippen LogP contribution in [-0.2, 0) is 11.3 Å². The highest BCUT2D eigenvalue weighted by molar-refractivity contribution is 5.89. The number of carboxylic acid groups (broad SMARTS) is 1. The third-order valence-electron chi connectivity index (χ3n) is 4.37. The summed E-state index contributed by atoms with van der Waals surface area (Å²) >= 11 is 0. The number of carbonyl (C=O) groups is 2. The molecule has 3 rings (SSSR count). The number of amides is 1. The average molecular weight is 331 g/mol. The third-order valence-corrected chi connectivity index (χ3v) is 4.37. The first-order valence-electron chi connectivity index (χ1n) is 7.70. The van der Waals surface area contributed by atoms with Gasteiger partial charge in [-0.25, -0.2) is 9.18 Å². The van der Waals surface area contributed by atoms with E-state index in [4.69, 9.17) is 9.52 Å². The standard InChI is InChI=1S/C18H18FNO4/c1-10-14(18(22)23)7-13(24-10)9-20(2)17(21)16-8-15(16)11-3-5-12(19)6-4-11/h3-7,15-16H,8-9H2,1-2H3,(H,22,23)/t15-,16+/m1/s1. The van der Waals surface area contributed by atoms with Crippen molar-refractivity contribution in [2.75, 3.05) is 7.05 Å². The Morgan fingerprint density at radius 2 is 2.00 bits per heavy atom. The van der Waals surface area contributed by atoms with Crippen molar-refractivity contribution in [3.8, 4) is 0 Å². The predicted octanol–water partition coefficient (Wildman–Crippen LogP) is 3.19. The number of benzene rings is 1. The number of furan rings is 1. The minimum absolute atomic E-state index is 0.0183. The van der Waals surface area contributed by atoms with E-state index in [1.165, 1.54) is 23.1 Å². The number of hydrogen-bond donors (Lipinski definition) is 1. The maximum absolute atomic E-state index is 13.0. The summed E-state index contributed by atoms with van der Waals surface area (Å²) in [6.45, 7) is 1.81. The van der Waals surface area contributed by atoms with Gasteiger partial charge in [-0.2, -0.15) is 0 Å². The summed E-state index contributed by atoms with van der Waals surface area (Å²) in [5, 5.41) is 9.03. The number of carbonyl (C=O) groups excluding carboxylic acids is 1. The number of aromatic carboxylic acids is 1. The molecule has 1 aliphatic carbocycles. The summed E-state index contributed by atoms with van der Waals surface area (Å²) in [5.41, 5.74) is 1.08. The normalized spacial score (nSPS) is 19.1. The summed E-state index contributed by atoms with van der Waals surface area (Å²) in [7, 11) is 1.67. The second-order valence-corrected chi connectivity index (χ2v) is 6.18. The first-order chi connectivity index (χ1) is 11.4. The van der Waals surface area contributed by atoms with E-state index in [1.54, 1.807) is 26.1 Å². The Labute approximate surface area is 138 Å². The number of carboxylic acids is 1. The summed E-state index contributed by atoms with van der Waals surface area (Å²) in [6.07, 6.45) is 0.742. The Balaban J connectivity index is 1.63. The molecule has 1 aromatic carbocycles. The number of aryl methyl sites for hydroxylation is 1. The van der Waals surface area contributed by atoms with Crippen LogP contribution in [0.4, 0.5) is 4.39 Å². The van der Waals surface area contributed by atoms with E-state index in [0.29, 0.717) is 11.5 Å². The van der Waals surface area contributed by atoms with E-state index in [1.807, 2.05) is 0 Å². The zero-order valence-electron chi connectivity index (χ0n) is 13.5. The maximum atomic E-state index is 13.0. The van der Waals surface area contributed by atoms with E-state index in [9.17, 15) is 14.0 Å². The summed E-state index contributed by atoms with van der Waals surface area (Å²) < 4.78 is 18.4. The maximum Gasteiger partial charge on any atom is 0.339 e. The van der Waals surface area contributed by atoms with Gasteiger partial charge in [0.25, 0.3) is 0 Å². The Bertz CT molecular complexity index is 781. The van der Waals surface area contributed by atoms with Gasteiger partial charge in [-0.3, -0.25) is 4.79 Å². The molecule has 1 aliphatic rings. The van der Waals surface area contributed by atoms with E-state index < -0.39 is 5.97 Å². The van der Waals surface area contributed by atoms with Gasteiger partial charge in [0.1, 0.15) is 22.9 Å². The Morgan fingerprint density at radius 1 is 1.33 bits per heavy atom. The van der Waals surface area contributed by atoms with E-state index in [-0.39, 0.29) is 35.7 Å². The van der Waals surface area contributed by atoms with Crippen LogP contribution >= 0.6 is 0 Å². The molecule has 1 N–H and O–H groups in total. The molecule has 0 bridgehead atoms. The van der Waals surface area contributed by atoms with Gasteiger partial charge in [0.05, 0.1) is 6.54 Å². The van der Waals surface area contributed by atoms with Crippen LogP contribution in [0, 0.1) is 18.7 Å². The second kappa shape index (κ2) is 6.11. The Kier molecular flexibility index (Phi) is 4.13. The molecule has 2 atom stereocenters. The van der Waals surface area contributed by atoms with Crippen LogP contribution in [0.25, 0.3) is 0 Å². The van der Waals surface area contributed by atoms with Crippen molar-refractivity contribution >= 4 is 11.9 Å². The van der Waals surface area contributed by atoms with Crippen LogP contribution in [0.3, 0.4) is 0 Å². The van der Waals surface area contributed by atoms with Crippen LogP contribution < -0.4 is 0 Å². The molecule has 1 heterocycles. The average Bonchev–Trinajstić information content (AvgIpc) is 3.24. The monoisotopic (exact) mass is 331 g/mol. The molecule has 1 aromatic heterocycles. The van der Waals surface area contributed by atoms with Gasteiger partial charge in [0, 0.05) is 13.0 Å². The first-order valence-corrected chi connectivity index (χ1v) is 7.70. The molecule has 5 nitrogen and oxygen atoms in total. The highest BCUT2D eigenvalue weighted by atomic mass is 19.1. The number of hydrogen-bond acceptors (Lipinski definition) is 3. The Hall–Kier alpha value is -2.63. The van der Waals surface area contributed by atoms with Gasteiger partial charge < -0.3 is 14.4 Å². The molecule has 1 fully saturated rings. The van der Waals surface area contributed by atoms with Crippen molar-refractivity contribution in [1.29, 1.82) is 0 Å². The lowest BCUT2D eigenvalue weighted by molar-refractivity contribution is -0.132. The van der Waals surface area contributed by atoms with Crippen LogP contribution in [0.2, 0.25) is 0 Å². The van der Waals surface area contributed by atoms with Gasteiger partial charge in [0.15, 0.2) is 0 Å². The highest BCUT2D eigenvalue weighted by Crippen LogP contribution is 2.48. The first kappa shape index (κ1) is 16.2. The van der Waals surface area contributed by atoms with Gasteiger partial charge in [-0.15, -0.1) is 0 Å². The SMILES string of the molecule is Cc1oc(CN(C)C(=O)[C@H]2C[C@@H]2c2ccc(F)cc2)cc1C(=O)O. The van der Waals surface area contributed by atoms with Crippen molar-refractivity contribution in [2.24, 2.45) is 5.92 Å². The summed E-state index contributed by atoms with van der Waals surface area (Å²) in [5.74, 6) is -0.579. The molecule has 0 saturated heterocycles. The van der Waals surface area contributed by atoms with Crippen molar-refractivity contribution in [1.82, 2.24) is 4.90 Å². The van der Waals surface area contributed by atoms with Gasteiger partial charge in [0.2, 0.25) is 5.91 Å². The zero-order valence-corrected chi connectivity index (χ0v) is 13.5. The second-order valence-electron chi connectivity index (χ2n) is 6.18. The topological polar surface area (TPSA) is 70.8 Å². The lowest BCUT2D eigenvalue weighted by Gasteiger charge is -2.15. The van der Waals surface area contributed by atoms with Crippen molar-refractivity contribution < 1.29 is 23.5 Å². The van der Waals surface area contributed by atoms with E-state index in [2.05, 4.69) is 0 Å². The molecular weight excluding hydrogens is 313 g/mol. The molecule has 6 heteroatoms. The molecule has 1 saturated carbocycles. The Morgan fingerprint density at radius 3 is 2.58 bits per heavy atom. The lowest BCUT2D eigenvalue weighted by atomic mass is 10.1. The van der Waals surface area contributed by atoms with E-state index in [0.717, 1.165) is 12.0 Å². The lowest BCUT2D eigenvalue weighted by Crippen LogP contribution is -2.27. The predicted molar refractivity (Wildman–Crippen MR) is 84.1 cm³/mol. The molecule has 2 aromatic rings. The van der Waals surface area contributed by atoms with Crippen molar-refractivity contribution in [2.45, 2.75) is 25.8 Å². The third kappa shape index (κ3) is 3.18. The number of nitrogens with zero attached hydrogens (tertiary/aromatic N) is 1. The fourth-order valence-corrected chi connectivity index (χ4v) is 2.97. The molecule has 0 unspecified atom stereocenters. The number of rotatable bonds is 5. The largest absolute Gasteiger partial charge is 0.478 e. The quantitative estimate of drug-likeness (QED) is 0.913. The number of halogens is 1. The van der Waals surface area contributed by atoms with Crippen LogP contribution in [0.5, 0.6) is 0 Å². The van der Waals surface area contributed by atoms with Gasteiger partial charge in [-0.05, 0) is 43.0 Å². The molecule has 24 heavy (non-hydrogen) atoms. The highest BCUT2D eigenvalue weighted by Gasteiger charge is 2.45. The molecule has 0 spiro atoms. The van der Waals surface area contributed by atoms with Crippen LogP contribution in [0.15, 0.2) is 34.7 Å². The molecule has 0 radical (unpaired) electrons. The van der Waals surface area contributed by atoms with Crippen molar-refractivity contribution in [3.05, 3.63) is 58.8 Å². The van der Waals surface area contributed by atoms with Gasteiger partial charge >= 0.3 is 5.97 Å². The molecule has 0 aliphatic heterocycles. The van der Waals surface area contributed by atoms with Crippen LogP contribution in [0.1, 0.15) is 39.8 Å². The van der Waals surface area contributed by atoms with E-state index >= 15 is 0 Å². The molecular formula is C18H18FNO4. The van der Waals surface area contributed by atoms with Gasteiger partial charge in [-0.1, -0.05) is 12.1 Å².